The third-order valence-electron chi connectivity index (χ3n) is 2.98. The Balaban J connectivity index is 2.20. The van der Waals surface area contributed by atoms with Crippen molar-refractivity contribution in [1.29, 1.82) is 0 Å². The van der Waals surface area contributed by atoms with Gasteiger partial charge in [0.15, 0.2) is 0 Å². The standard InChI is InChI=1S/C16H17Cl2NO/c1-10-7-14(5-3-12(10)8-11(2)19)20-16-6-4-13(17)9-15(16)18/h3-7,9,11H,8,19H2,1-2H3. The van der Waals surface area contributed by atoms with Crippen molar-refractivity contribution in [2.24, 2.45) is 5.73 Å². The lowest BCUT2D eigenvalue weighted by Gasteiger charge is -2.12. The van der Waals surface area contributed by atoms with Gasteiger partial charge >= 0.3 is 0 Å². The second-order valence-corrected chi connectivity index (χ2v) is 5.79. The van der Waals surface area contributed by atoms with Gasteiger partial charge in [-0.1, -0.05) is 29.3 Å². The van der Waals surface area contributed by atoms with E-state index in [-0.39, 0.29) is 6.04 Å². The topological polar surface area (TPSA) is 35.2 Å². The van der Waals surface area contributed by atoms with E-state index in [0.717, 1.165) is 17.7 Å². The van der Waals surface area contributed by atoms with Gasteiger partial charge in [-0.15, -0.1) is 0 Å². The molecule has 0 aliphatic heterocycles. The molecule has 0 amide bonds. The van der Waals surface area contributed by atoms with E-state index in [9.17, 15) is 0 Å². The van der Waals surface area contributed by atoms with Gasteiger partial charge in [0.25, 0.3) is 0 Å². The Kier molecular flexibility index (Phi) is 4.92. The lowest BCUT2D eigenvalue weighted by molar-refractivity contribution is 0.482. The van der Waals surface area contributed by atoms with Crippen LogP contribution >= 0.6 is 23.2 Å². The number of rotatable bonds is 4. The third-order valence-corrected chi connectivity index (χ3v) is 3.51. The summed E-state index contributed by atoms with van der Waals surface area (Å²) in [7, 11) is 0. The van der Waals surface area contributed by atoms with Gasteiger partial charge < -0.3 is 10.5 Å². The molecule has 4 heteroatoms. The van der Waals surface area contributed by atoms with Gasteiger partial charge in [-0.05, 0) is 61.7 Å². The first-order valence-corrected chi connectivity index (χ1v) is 7.19. The van der Waals surface area contributed by atoms with Gasteiger partial charge in [0.2, 0.25) is 0 Å². The molecule has 0 fully saturated rings. The molecule has 1 atom stereocenters. The molecule has 0 radical (unpaired) electrons. The fraction of sp³-hybridized carbons (Fsp3) is 0.250. The van der Waals surface area contributed by atoms with Crippen LogP contribution in [0.1, 0.15) is 18.1 Å². The van der Waals surface area contributed by atoms with Gasteiger partial charge in [-0.3, -0.25) is 0 Å². The van der Waals surface area contributed by atoms with Crippen molar-refractivity contribution < 1.29 is 4.74 Å². The first-order valence-electron chi connectivity index (χ1n) is 6.43. The van der Waals surface area contributed by atoms with Gasteiger partial charge in [0.1, 0.15) is 11.5 Å². The van der Waals surface area contributed by atoms with Crippen LogP contribution in [-0.4, -0.2) is 6.04 Å². The molecular weight excluding hydrogens is 293 g/mol. The Labute approximate surface area is 129 Å². The highest BCUT2D eigenvalue weighted by Gasteiger charge is 2.07. The zero-order valence-corrected chi connectivity index (χ0v) is 13.0. The van der Waals surface area contributed by atoms with Crippen LogP contribution in [0.4, 0.5) is 0 Å². The Morgan fingerprint density at radius 1 is 1.15 bits per heavy atom. The second kappa shape index (κ2) is 6.49. The summed E-state index contributed by atoms with van der Waals surface area (Å²) in [6.45, 7) is 4.05. The fourth-order valence-electron chi connectivity index (χ4n) is 1.99. The minimum absolute atomic E-state index is 0.145. The molecule has 0 saturated carbocycles. The van der Waals surface area contributed by atoms with E-state index >= 15 is 0 Å². The first kappa shape index (κ1) is 15.2. The molecule has 20 heavy (non-hydrogen) atoms. The minimum Gasteiger partial charge on any atom is -0.456 e. The van der Waals surface area contributed by atoms with Crippen LogP contribution in [0.3, 0.4) is 0 Å². The van der Waals surface area contributed by atoms with Gasteiger partial charge in [-0.2, -0.15) is 0 Å². The molecule has 2 N–H and O–H groups in total. The molecule has 0 spiro atoms. The molecule has 1 unspecified atom stereocenters. The van der Waals surface area contributed by atoms with Crippen molar-refractivity contribution in [2.75, 3.05) is 0 Å². The van der Waals surface area contributed by atoms with Crippen LogP contribution in [0.15, 0.2) is 36.4 Å². The summed E-state index contributed by atoms with van der Waals surface area (Å²) in [6.07, 6.45) is 0.855. The molecule has 0 bridgehead atoms. The monoisotopic (exact) mass is 309 g/mol. The highest BCUT2D eigenvalue weighted by molar-refractivity contribution is 6.35. The van der Waals surface area contributed by atoms with Crippen molar-refractivity contribution in [2.45, 2.75) is 26.3 Å². The molecule has 2 aromatic carbocycles. The first-order chi connectivity index (χ1) is 9.45. The zero-order chi connectivity index (χ0) is 14.7. The summed E-state index contributed by atoms with van der Waals surface area (Å²) in [5, 5.41) is 1.08. The number of hydrogen-bond acceptors (Lipinski definition) is 2. The smallest absolute Gasteiger partial charge is 0.146 e. The average Bonchev–Trinajstić information content (AvgIpc) is 2.36. The van der Waals surface area contributed by atoms with Crippen LogP contribution in [0.5, 0.6) is 11.5 Å². The summed E-state index contributed by atoms with van der Waals surface area (Å²) in [5.41, 5.74) is 8.22. The maximum atomic E-state index is 6.09. The van der Waals surface area contributed by atoms with E-state index < -0.39 is 0 Å². The molecule has 2 nitrogen and oxygen atoms in total. The summed E-state index contributed by atoms with van der Waals surface area (Å²) in [5.74, 6) is 1.34. The quantitative estimate of drug-likeness (QED) is 0.864. The Morgan fingerprint density at radius 3 is 2.50 bits per heavy atom. The summed E-state index contributed by atoms with van der Waals surface area (Å²) >= 11 is 12.0. The molecule has 0 saturated heterocycles. The summed E-state index contributed by atoms with van der Waals surface area (Å²) in [6, 6.07) is 11.3. The normalized spacial score (nSPS) is 12.2. The van der Waals surface area contributed by atoms with Crippen molar-refractivity contribution in [3.05, 3.63) is 57.6 Å². The van der Waals surface area contributed by atoms with Crippen LogP contribution in [-0.2, 0) is 6.42 Å². The van der Waals surface area contributed by atoms with Crippen molar-refractivity contribution >= 4 is 23.2 Å². The Hall–Kier alpha value is -1.22. The van der Waals surface area contributed by atoms with Crippen LogP contribution in [0.2, 0.25) is 10.0 Å². The summed E-state index contributed by atoms with van der Waals surface area (Å²) < 4.78 is 5.78. The fourth-order valence-corrected chi connectivity index (χ4v) is 2.44. The van der Waals surface area contributed by atoms with Crippen LogP contribution in [0.25, 0.3) is 0 Å². The lowest BCUT2D eigenvalue weighted by atomic mass is 10.0. The zero-order valence-electron chi connectivity index (χ0n) is 11.5. The van der Waals surface area contributed by atoms with Crippen molar-refractivity contribution in [1.82, 2.24) is 0 Å². The van der Waals surface area contributed by atoms with Crippen LogP contribution < -0.4 is 10.5 Å². The molecule has 2 rings (SSSR count). The number of ether oxygens (including phenoxy) is 1. The third kappa shape index (κ3) is 3.89. The number of halogens is 2. The maximum absolute atomic E-state index is 6.09. The Morgan fingerprint density at radius 2 is 1.90 bits per heavy atom. The lowest BCUT2D eigenvalue weighted by Crippen LogP contribution is -2.18. The molecule has 0 aliphatic carbocycles. The highest BCUT2D eigenvalue weighted by Crippen LogP contribution is 2.32. The predicted octanol–water partition coefficient (Wildman–Crippen LogP) is 4.98. The molecule has 0 aliphatic rings. The van der Waals surface area contributed by atoms with E-state index in [1.165, 1.54) is 5.56 Å². The highest BCUT2D eigenvalue weighted by atomic mass is 35.5. The second-order valence-electron chi connectivity index (χ2n) is 4.95. The number of benzene rings is 2. The molecule has 2 aromatic rings. The largest absolute Gasteiger partial charge is 0.456 e. The van der Waals surface area contributed by atoms with E-state index in [2.05, 4.69) is 0 Å². The Bertz CT molecular complexity index is 611. The van der Waals surface area contributed by atoms with Crippen molar-refractivity contribution in [3.63, 3.8) is 0 Å². The molecule has 0 aromatic heterocycles. The molecular formula is C16H17Cl2NO. The number of nitrogens with two attached hydrogens (primary N) is 1. The van der Waals surface area contributed by atoms with E-state index in [1.54, 1.807) is 18.2 Å². The van der Waals surface area contributed by atoms with E-state index in [4.69, 9.17) is 33.7 Å². The predicted molar refractivity (Wildman–Crippen MR) is 85.1 cm³/mol. The van der Waals surface area contributed by atoms with Crippen molar-refractivity contribution in [3.8, 4) is 11.5 Å². The number of hydrogen-bond donors (Lipinski definition) is 1. The molecule has 106 valence electrons. The van der Waals surface area contributed by atoms with Gasteiger partial charge in [0, 0.05) is 11.1 Å². The SMILES string of the molecule is Cc1cc(Oc2ccc(Cl)cc2Cl)ccc1CC(C)N. The van der Waals surface area contributed by atoms with Crippen LogP contribution in [0, 0.1) is 6.92 Å². The average molecular weight is 310 g/mol. The van der Waals surface area contributed by atoms with Gasteiger partial charge in [-0.25, -0.2) is 0 Å². The number of aryl methyl sites for hydroxylation is 1. The minimum atomic E-state index is 0.145. The van der Waals surface area contributed by atoms with Gasteiger partial charge in [0.05, 0.1) is 5.02 Å². The van der Waals surface area contributed by atoms with E-state index in [0.29, 0.717) is 15.8 Å². The van der Waals surface area contributed by atoms with E-state index in [1.807, 2.05) is 32.0 Å². The molecule has 0 heterocycles. The maximum Gasteiger partial charge on any atom is 0.146 e. The summed E-state index contributed by atoms with van der Waals surface area (Å²) in [4.78, 5) is 0.